The van der Waals surface area contributed by atoms with E-state index < -0.39 is 9.73 Å². The van der Waals surface area contributed by atoms with E-state index >= 15 is 0 Å². The molecule has 0 aromatic rings. The molecule has 0 bridgehead atoms. The van der Waals surface area contributed by atoms with Gasteiger partial charge in [0, 0.05) is 12.2 Å². The zero-order valence-corrected chi connectivity index (χ0v) is 6.07. The third kappa shape index (κ3) is 0.772. The number of rotatable bonds is 1. The van der Waals surface area contributed by atoms with Crippen molar-refractivity contribution in [3.05, 3.63) is 35.0 Å². The van der Waals surface area contributed by atoms with E-state index in [9.17, 15) is 10.4 Å². The molecule has 0 saturated heterocycles. The third-order valence-corrected chi connectivity index (χ3v) is 1.61. The lowest BCUT2D eigenvalue weighted by atomic mass is 10.7. The van der Waals surface area contributed by atoms with Crippen molar-refractivity contribution in [1.29, 1.82) is 0 Å². The number of quaternary nitrogens is 2. The first-order chi connectivity index (χ1) is 5.66. The van der Waals surface area contributed by atoms with Crippen molar-refractivity contribution in [2.45, 2.75) is 0 Å². The molecule has 12 heavy (non-hydrogen) atoms. The van der Waals surface area contributed by atoms with E-state index in [0.717, 1.165) is 12.4 Å². The smallest absolute Gasteiger partial charge is 0.179 e. The van der Waals surface area contributed by atoms with Crippen LogP contribution in [-0.2, 0) is 0 Å². The van der Waals surface area contributed by atoms with Crippen molar-refractivity contribution in [3.63, 3.8) is 0 Å². The summed E-state index contributed by atoms with van der Waals surface area (Å²) in [6.07, 6.45) is 7.69. The molecule has 0 unspecified atom stereocenters. The molecule has 6 heteroatoms. The number of hydrogen-bond acceptors (Lipinski definition) is 4. The summed E-state index contributed by atoms with van der Waals surface area (Å²) >= 11 is 0. The number of hydrogen-bond donors (Lipinski definition) is 0. The molecule has 0 aromatic heterocycles. The molecule has 0 aromatic carbocycles. The van der Waals surface area contributed by atoms with Crippen LogP contribution in [0.3, 0.4) is 0 Å². The molecule has 0 saturated carbocycles. The second-order valence-electron chi connectivity index (χ2n) is 2.39. The van der Waals surface area contributed by atoms with Gasteiger partial charge in [0.2, 0.25) is 0 Å². The Hall–Kier alpha value is -1.34. The molecule has 2 aliphatic heterocycles. The Kier molecular flexibility index (Phi) is 1.27. The van der Waals surface area contributed by atoms with Crippen molar-refractivity contribution < 1.29 is 9.73 Å². The van der Waals surface area contributed by atoms with E-state index in [4.69, 9.17) is 0 Å². The summed E-state index contributed by atoms with van der Waals surface area (Å²) in [5.41, 5.74) is 0. The molecule has 0 N–H and O–H groups in total. The van der Waals surface area contributed by atoms with Crippen LogP contribution < -0.4 is 0 Å². The zero-order valence-electron chi connectivity index (χ0n) is 6.07. The van der Waals surface area contributed by atoms with Gasteiger partial charge in [0.25, 0.3) is 0 Å². The molecule has 0 amide bonds. The average molecular weight is 166 g/mol. The lowest BCUT2D eigenvalue weighted by molar-refractivity contribution is -1.42. The lowest BCUT2D eigenvalue weighted by Gasteiger charge is -2.41. The maximum atomic E-state index is 11.6. The monoisotopic (exact) mass is 166 g/mol. The van der Waals surface area contributed by atoms with E-state index in [2.05, 4.69) is 10.2 Å². The highest BCUT2D eigenvalue weighted by molar-refractivity contribution is 5.72. The number of allylic oxidation sites excluding steroid dienone is 2. The van der Waals surface area contributed by atoms with Crippen LogP contribution in [0.2, 0.25) is 0 Å². The maximum absolute atomic E-state index is 11.6. The van der Waals surface area contributed by atoms with Gasteiger partial charge in [-0.2, -0.15) is 0 Å². The Labute approximate surface area is 68.3 Å². The van der Waals surface area contributed by atoms with E-state index in [-0.39, 0.29) is 0 Å². The quantitative estimate of drug-likeness (QED) is 0.421. The van der Waals surface area contributed by atoms with Crippen LogP contribution >= 0.6 is 0 Å². The van der Waals surface area contributed by atoms with E-state index in [1.165, 1.54) is 24.6 Å². The van der Waals surface area contributed by atoms with Gasteiger partial charge in [-0.25, -0.2) is 0 Å². The van der Waals surface area contributed by atoms with Gasteiger partial charge in [0.15, 0.2) is 12.4 Å². The first kappa shape index (κ1) is 7.32. The third-order valence-electron chi connectivity index (χ3n) is 1.61. The fraction of sp³-hybridized carbons (Fsp3) is 0. The van der Waals surface area contributed by atoms with E-state index in [1.807, 2.05) is 0 Å². The molecule has 2 rings (SSSR count). The molecular weight excluding hydrogens is 160 g/mol. The Bertz CT molecular complexity index is 262. The molecule has 0 radical (unpaired) electrons. The highest BCUT2D eigenvalue weighted by atomic mass is 16.8. The minimum absolute atomic E-state index is 1.14. The van der Waals surface area contributed by atoms with Crippen molar-refractivity contribution in [2.24, 2.45) is 10.2 Å². The van der Waals surface area contributed by atoms with Crippen molar-refractivity contribution in [2.75, 3.05) is 0 Å². The lowest BCUT2D eigenvalue weighted by Crippen LogP contribution is -2.52. The maximum Gasteiger partial charge on any atom is 0.179 e. The molecule has 0 spiro atoms. The van der Waals surface area contributed by atoms with Crippen LogP contribution in [0.5, 0.6) is 0 Å². The Morgan fingerprint density at radius 1 is 0.833 bits per heavy atom. The van der Waals surface area contributed by atoms with Gasteiger partial charge in [-0.15, -0.1) is 0 Å². The fourth-order valence-corrected chi connectivity index (χ4v) is 0.985. The highest BCUT2D eigenvalue weighted by Gasteiger charge is 2.38. The van der Waals surface area contributed by atoms with Crippen LogP contribution in [-0.4, -0.2) is 22.2 Å². The summed E-state index contributed by atoms with van der Waals surface area (Å²) < 4.78 is 0. The second-order valence-corrected chi connectivity index (χ2v) is 2.39. The van der Waals surface area contributed by atoms with E-state index in [1.54, 1.807) is 0 Å². The summed E-state index contributed by atoms with van der Waals surface area (Å²) in [7, 11) is 0. The molecule has 0 aliphatic carbocycles. The molecule has 0 fully saturated rings. The minimum Gasteiger partial charge on any atom is -0.546 e. The van der Waals surface area contributed by atoms with Crippen LogP contribution in [0.4, 0.5) is 0 Å². The van der Waals surface area contributed by atoms with Gasteiger partial charge in [-0.3, -0.25) is 0 Å². The Morgan fingerprint density at radius 2 is 1.25 bits per heavy atom. The molecular formula is C6H6N4O2. The SMILES string of the molecule is [O-][N@+]1([N@@+]2([O-])C=CC=N2)C=CC=N1. The predicted molar refractivity (Wildman–Crippen MR) is 42.5 cm³/mol. The van der Waals surface area contributed by atoms with Crippen LogP contribution in [0.25, 0.3) is 0 Å². The molecule has 2 aliphatic rings. The Balaban J connectivity index is 2.41. The molecule has 2 heterocycles. The van der Waals surface area contributed by atoms with Crippen LogP contribution in [0.1, 0.15) is 0 Å². The van der Waals surface area contributed by atoms with Gasteiger partial charge in [0.05, 0.1) is 12.4 Å². The summed E-state index contributed by atoms with van der Waals surface area (Å²) in [6, 6.07) is 0. The first-order valence-electron chi connectivity index (χ1n) is 3.33. The van der Waals surface area contributed by atoms with Gasteiger partial charge in [-0.1, -0.05) is 0 Å². The molecule has 6 nitrogen and oxygen atoms in total. The topological polar surface area (TPSA) is 70.8 Å². The summed E-state index contributed by atoms with van der Waals surface area (Å²) in [5, 5.41) is 30.1. The van der Waals surface area contributed by atoms with Gasteiger partial charge >= 0.3 is 0 Å². The highest BCUT2D eigenvalue weighted by Crippen LogP contribution is 2.28. The average Bonchev–Trinajstić information content (AvgIpc) is 2.60. The largest absolute Gasteiger partial charge is 0.546 e. The fourth-order valence-electron chi connectivity index (χ4n) is 0.985. The number of hydroxylamine groups is 2. The minimum atomic E-state index is -1.38. The zero-order chi connectivity index (χ0) is 8.66. The normalized spacial score (nSPS) is 43.2. The molecule has 62 valence electrons. The number of nitrogens with zero attached hydrogens (tertiary/aromatic N) is 4. The van der Waals surface area contributed by atoms with Gasteiger partial charge < -0.3 is 10.4 Å². The standard InChI is InChI=1S/C6H6N4O2/c11-9(5-1-3-7-9)10(12)6-2-4-8-10/h1-6H/t9-,10-/m1/s1. The van der Waals surface area contributed by atoms with Crippen LogP contribution in [0, 0.1) is 10.4 Å². The van der Waals surface area contributed by atoms with Crippen molar-refractivity contribution in [1.82, 2.24) is 0 Å². The first-order valence-corrected chi connectivity index (χ1v) is 3.33. The van der Waals surface area contributed by atoms with Crippen molar-refractivity contribution in [3.8, 4) is 0 Å². The summed E-state index contributed by atoms with van der Waals surface area (Å²) in [5.74, 6) is 0. The van der Waals surface area contributed by atoms with Gasteiger partial charge in [-0.05, 0) is 19.9 Å². The Morgan fingerprint density at radius 3 is 1.50 bits per heavy atom. The van der Waals surface area contributed by atoms with E-state index in [0.29, 0.717) is 0 Å². The van der Waals surface area contributed by atoms with Gasteiger partial charge in [0.1, 0.15) is 0 Å². The second kappa shape index (κ2) is 2.08. The predicted octanol–water partition coefficient (Wildman–Crippen LogP) is 0.557. The van der Waals surface area contributed by atoms with Crippen LogP contribution in [0.15, 0.2) is 34.8 Å². The molecule has 2 atom stereocenters. The summed E-state index contributed by atoms with van der Waals surface area (Å²) in [6.45, 7) is 0. The summed E-state index contributed by atoms with van der Waals surface area (Å²) in [4.78, 5) is -2.76. The van der Waals surface area contributed by atoms with Crippen molar-refractivity contribution >= 4 is 12.4 Å².